The van der Waals surface area contributed by atoms with Gasteiger partial charge in [0, 0.05) is 37.8 Å². The molecule has 0 spiro atoms. The Bertz CT molecular complexity index is 1060. The first kappa shape index (κ1) is 29.7. The summed E-state index contributed by atoms with van der Waals surface area (Å²) < 4.78 is 0. The van der Waals surface area contributed by atoms with Crippen molar-refractivity contribution in [1.29, 1.82) is 0 Å². The maximum atomic E-state index is 9.81. The molecule has 6 nitrogen and oxygen atoms in total. The second kappa shape index (κ2) is 14.9. The Balaban J connectivity index is 1.77. The lowest BCUT2D eigenvalue weighted by atomic mass is 9.99. The Morgan fingerprint density at radius 1 is 0.579 bits per heavy atom. The van der Waals surface area contributed by atoms with Crippen molar-refractivity contribution in [2.45, 2.75) is 37.4 Å². The van der Waals surface area contributed by atoms with Crippen molar-refractivity contribution in [2.24, 2.45) is 0 Å². The standard InChI is InChI=1S/C32H46N4O2/c1-33-22-28(19-25-9-7-6-8-10-25)35(4)24-30(21-27-13-17-32(38)18-14-27)36(5)23-29(34(2)3)20-26-11-15-31(37)16-12-26/h6-18,28-30,33,37-38H,19-24H2,1-5H3/t28-,29+,30+/m0/s1. The van der Waals surface area contributed by atoms with E-state index in [1.165, 1.54) is 16.7 Å². The number of aromatic hydroxyl groups is 2. The number of benzene rings is 3. The van der Waals surface area contributed by atoms with Crippen molar-refractivity contribution in [3.63, 3.8) is 0 Å². The van der Waals surface area contributed by atoms with Gasteiger partial charge in [-0.2, -0.15) is 0 Å². The minimum Gasteiger partial charge on any atom is -0.508 e. The third-order valence-corrected chi connectivity index (χ3v) is 7.54. The highest BCUT2D eigenvalue weighted by Crippen LogP contribution is 2.18. The third kappa shape index (κ3) is 9.44. The summed E-state index contributed by atoms with van der Waals surface area (Å²) in [5.74, 6) is 0.602. The summed E-state index contributed by atoms with van der Waals surface area (Å²) in [6.45, 7) is 2.76. The van der Waals surface area contributed by atoms with Gasteiger partial charge >= 0.3 is 0 Å². The zero-order chi connectivity index (χ0) is 27.5. The van der Waals surface area contributed by atoms with Crippen molar-refractivity contribution >= 4 is 0 Å². The molecule has 6 heteroatoms. The van der Waals surface area contributed by atoms with Gasteiger partial charge in [-0.1, -0.05) is 54.6 Å². The van der Waals surface area contributed by atoms with Crippen LogP contribution in [-0.2, 0) is 19.3 Å². The fourth-order valence-electron chi connectivity index (χ4n) is 5.05. The van der Waals surface area contributed by atoms with Gasteiger partial charge in [0.05, 0.1) is 0 Å². The van der Waals surface area contributed by atoms with Crippen LogP contribution in [0.5, 0.6) is 11.5 Å². The number of hydrogen-bond donors (Lipinski definition) is 3. The van der Waals surface area contributed by atoms with Gasteiger partial charge in [-0.3, -0.25) is 0 Å². The van der Waals surface area contributed by atoms with E-state index in [4.69, 9.17) is 0 Å². The van der Waals surface area contributed by atoms with E-state index in [-0.39, 0.29) is 0 Å². The molecular formula is C32H46N4O2. The lowest BCUT2D eigenvalue weighted by Crippen LogP contribution is -2.51. The lowest BCUT2D eigenvalue weighted by Gasteiger charge is -2.38. The number of phenolic OH excluding ortho intramolecular Hbond substituents is 2. The molecule has 206 valence electrons. The van der Waals surface area contributed by atoms with Gasteiger partial charge in [-0.15, -0.1) is 0 Å². The fraction of sp³-hybridized carbons (Fsp3) is 0.438. The average molecular weight is 519 g/mol. The minimum absolute atomic E-state index is 0.293. The molecule has 0 saturated heterocycles. The summed E-state index contributed by atoms with van der Waals surface area (Å²) in [5, 5.41) is 22.9. The zero-order valence-corrected chi connectivity index (χ0v) is 23.7. The van der Waals surface area contributed by atoms with Crippen LogP contribution in [0.2, 0.25) is 0 Å². The van der Waals surface area contributed by atoms with E-state index in [0.717, 1.165) is 38.9 Å². The molecule has 0 unspecified atom stereocenters. The molecule has 0 aromatic heterocycles. The number of likely N-dealkylation sites (N-methyl/N-ethyl adjacent to an activating group) is 4. The van der Waals surface area contributed by atoms with Gasteiger partial charge in [0.15, 0.2) is 0 Å². The van der Waals surface area contributed by atoms with Crippen molar-refractivity contribution in [2.75, 3.05) is 54.9 Å². The number of nitrogens with one attached hydrogen (secondary N) is 1. The van der Waals surface area contributed by atoms with Gasteiger partial charge in [0.2, 0.25) is 0 Å². The first-order valence-corrected chi connectivity index (χ1v) is 13.6. The van der Waals surface area contributed by atoms with E-state index in [0.29, 0.717) is 29.6 Å². The molecule has 0 fully saturated rings. The third-order valence-electron chi connectivity index (χ3n) is 7.54. The first-order chi connectivity index (χ1) is 18.2. The largest absolute Gasteiger partial charge is 0.508 e. The average Bonchev–Trinajstić information content (AvgIpc) is 2.90. The van der Waals surface area contributed by atoms with E-state index in [1.54, 1.807) is 24.3 Å². The molecule has 0 amide bonds. The zero-order valence-electron chi connectivity index (χ0n) is 23.7. The highest BCUT2D eigenvalue weighted by atomic mass is 16.3. The molecule has 0 aliphatic carbocycles. The second-order valence-electron chi connectivity index (χ2n) is 10.8. The molecule has 3 atom stereocenters. The number of phenols is 2. The Kier molecular flexibility index (Phi) is 11.6. The van der Waals surface area contributed by atoms with Crippen LogP contribution in [0.25, 0.3) is 0 Å². The second-order valence-corrected chi connectivity index (χ2v) is 10.8. The quantitative estimate of drug-likeness (QED) is 0.284. The van der Waals surface area contributed by atoms with Crippen LogP contribution < -0.4 is 5.32 Å². The van der Waals surface area contributed by atoms with Crippen LogP contribution in [0.1, 0.15) is 16.7 Å². The molecule has 0 heterocycles. The van der Waals surface area contributed by atoms with Gasteiger partial charge in [0.25, 0.3) is 0 Å². The molecule has 0 radical (unpaired) electrons. The molecule has 3 aromatic carbocycles. The monoisotopic (exact) mass is 518 g/mol. The number of rotatable bonds is 15. The topological polar surface area (TPSA) is 62.2 Å². The van der Waals surface area contributed by atoms with Crippen molar-refractivity contribution in [3.8, 4) is 11.5 Å². The van der Waals surface area contributed by atoms with Gasteiger partial charge in [-0.05, 0) is 95.5 Å². The Morgan fingerprint density at radius 2 is 1.00 bits per heavy atom. The maximum Gasteiger partial charge on any atom is 0.115 e. The van der Waals surface area contributed by atoms with Crippen molar-refractivity contribution in [1.82, 2.24) is 20.0 Å². The van der Waals surface area contributed by atoms with E-state index in [2.05, 4.69) is 78.5 Å². The molecular weight excluding hydrogens is 472 g/mol. The Morgan fingerprint density at radius 3 is 1.50 bits per heavy atom. The normalized spacial score (nSPS) is 14.2. The molecule has 3 rings (SSSR count). The highest BCUT2D eigenvalue weighted by Gasteiger charge is 2.25. The summed E-state index contributed by atoms with van der Waals surface area (Å²) >= 11 is 0. The van der Waals surface area contributed by atoms with Crippen molar-refractivity contribution in [3.05, 3.63) is 95.6 Å². The molecule has 0 bridgehead atoms. The van der Waals surface area contributed by atoms with Crippen LogP contribution in [0.3, 0.4) is 0 Å². The Labute approximate surface area is 229 Å². The van der Waals surface area contributed by atoms with Crippen LogP contribution in [-0.4, -0.2) is 97.9 Å². The van der Waals surface area contributed by atoms with E-state index in [1.807, 2.05) is 31.3 Å². The molecule has 0 saturated carbocycles. The molecule has 0 aliphatic heterocycles. The summed E-state index contributed by atoms with van der Waals surface area (Å²) in [6, 6.07) is 26.9. The van der Waals surface area contributed by atoms with Gasteiger partial charge in [-0.25, -0.2) is 0 Å². The summed E-state index contributed by atoms with van der Waals surface area (Å²) in [7, 11) is 10.8. The van der Waals surface area contributed by atoms with E-state index in [9.17, 15) is 10.2 Å². The number of hydrogen-bond acceptors (Lipinski definition) is 6. The minimum atomic E-state index is 0.293. The van der Waals surface area contributed by atoms with Crippen molar-refractivity contribution < 1.29 is 10.2 Å². The fourth-order valence-corrected chi connectivity index (χ4v) is 5.05. The molecule has 0 aliphatic rings. The SMILES string of the molecule is CNC[C@H](Cc1ccccc1)N(C)C[C@@H](Cc1ccc(O)cc1)N(C)C[C@@H](Cc1ccc(O)cc1)N(C)C. The lowest BCUT2D eigenvalue weighted by molar-refractivity contribution is 0.120. The number of nitrogens with zero attached hydrogens (tertiary/aromatic N) is 3. The van der Waals surface area contributed by atoms with Crippen LogP contribution >= 0.6 is 0 Å². The maximum absolute atomic E-state index is 9.81. The molecule has 3 N–H and O–H groups in total. The summed E-state index contributed by atoms with van der Waals surface area (Å²) in [6.07, 6.45) is 2.81. The van der Waals surface area contributed by atoms with Crippen LogP contribution in [0, 0.1) is 0 Å². The van der Waals surface area contributed by atoms with E-state index >= 15 is 0 Å². The highest BCUT2D eigenvalue weighted by molar-refractivity contribution is 5.27. The molecule has 38 heavy (non-hydrogen) atoms. The first-order valence-electron chi connectivity index (χ1n) is 13.6. The smallest absolute Gasteiger partial charge is 0.115 e. The van der Waals surface area contributed by atoms with Gasteiger partial charge in [0.1, 0.15) is 11.5 Å². The van der Waals surface area contributed by atoms with Gasteiger partial charge < -0.3 is 30.2 Å². The summed E-state index contributed by atoms with van der Waals surface area (Å²) in [5.41, 5.74) is 3.80. The summed E-state index contributed by atoms with van der Waals surface area (Å²) in [4.78, 5) is 7.28. The molecule has 3 aromatic rings. The van der Waals surface area contributed by atoms with E-state index < -0.39 is 0 Å². The van der Waals surface area contributed by atoms with Crippen LogP contribution in [0.4, 0.5) is 0 Å². The Hall–Kier alpha value is -2.90. The predicted molar refractivity (Wildman–Crippen MR) is 158 cm³/mol. The predicted octanol–water partition coefficient (Wildman–Crippen LogP) is 3.88. The van der Waals surface area contributed by atoms with Crippen LogP contribution in [0.15, 0.2) is 78.9 Å².